The summed E-state index contributed by atoms with van der Waals surface area (Å²) in [6, 6.07) is 0.212. The highest BCUT2D eigenvalue weighted by Crippen LogP contribution is 2.19. The fourth-order valence-electron chi connectivity index (χ4n) is 1.93. The van der Waals surface area contributed by atoms with Crippen LogP contribution in [0.25, 0.3) is 0 Å². The van der Waals surface area contributed by atoms with E-state index < -0.39 is 0 Å². The van der Waals surface area contributed by atoms with Crippen LogP contribution in [-0.2, 0) is 4.74 Å². The highest BCUT2D eigenvalue weighted by Gasteiger charge is 2.24. The summed E-state index contributed by atoms with van der Waals surface area (Å²) in [4.78, 5) is 11.1. The highest BCUT2D eigenvalue weighted by molar-refractivity contribution is 5.45. The SMILES string of the molecule is Cc1cnc(C)c(N2CCOCC2CN)n1. The van der Waals surface area contributed by atoms with Gasteiger partial charge in [0.1, 0.15) is 0 Å². The minimum absolute atomic E-state index is 0.212. The Morgan fingerprint density at radius 3 is 3.12 bits per heavy atom. The van der Waals surface area contributed by atoms with E-state index in [9.17, 15) is 0 Å². The lowest BCUT2D eigenvalue weighted by Gasteiger charge is -2.36. The number of anilines is 1. The molecule has 2 N–H and O–H groups in total. The smallest absolute Gasteiger partial charge is 0.150 e. The molecular formula is C11H18N4O. The predicted molar refractivity (Wildman–Crippen MR) is 62.5 cm³/mol. The van der Waals surface area contributed by atoms with Crippen molar-refractivity contribution in [2.45, 2.75) is 19.9 Å². The molecule has 0 aromatic carbocycles. The number of nitrogens with two attached hydrogens (primary N) is 1. The Morgan fingerprint density at radius 1 is 1.56 bits per heavy atom. The van der Waals surface area contributed by atoms with Crippen LogP contribution in [0.3, 0.4) is 0 Å². The number of ether oxygens (including phenoxy) is 1. The Morgan fingerprint density at radius 2 is 2.38 bits per heavy atom. The van der Waals surface area contributed by atoms with Crippen LogP contribution >= 0.6 is 0 Å². The van der Waals surface area contributed by atoms with Gasteiger partial charge in [0.05, 0.1) is 30.6 Å². The predicted octanol–water partition coefficient (Wildman–Crippen LogP) is 0.257. The van der Waals surface area contributed by atoms with Crippen molar-refractivity contribution < 1.29 is 4.74 Å². The van der Waals surface area contributed by atoms with E-state index in [4.69, 9.17) is 10.5 Å². The van der Waals surface area contributed by atoms with Crippen molar-refractivity contribution in [3.8, 4) is 0 Å². The third-order valence-corrected chi connectivity index (χ3v) is 2.82. The van der Waals surface area contributed by atoms with Gasteiger partial charge in [-0.05, 0) is 13.8 Å². The van der Waals surface area contributed by atoms with Crippen molar-refractivity contribution in [2.24, 2.45) is 5.73 Å². The van der Waals surface area contributed by atoms with Crippen LogP contribution < -0.4 is 10.6 Å². The number of morpholine rings is 1. The molecule has 0 spiro atoms. The largest absolute Gasteiger partial charge is 0.377 e. The fourth-order valence-corrected chi connectivity index (χ4v) is 1.93. The molecule has 2 heterocycles. The molecule has 16 heavy (non-hydrogen) atoms. The molecule has 0 saturated carbocycles. The minimum atomic E-state index is 0.212. The van der Waals surface area contributed by atoms with E-state index in [2.05, 4.69) is 14.9 Å². The Bertz CT molecular complexity index is 369. The summed E-state index contributed by atoms with van der Waals surface area (Å²) in [5, 5.41) is 0. The second-order valence-electron chi connectivity index (χ2n) is 4.08. The lowest BCUT2D eigenvalue weighted by molar-refractivity contribution is 0.0957. The molecule has 1 unspecified atom stereocenters. The zero-order chi connectivity index (χ0) is 11.5. The van der Waals surface area contributed by atoms with Gasteiger partial charge >= 0.3 is 0 Å². The van der Waals surface area contributed by atoms with Gasteiger partial charge in [-0.1, -0.05) is 0 Å². The molecule has 2 rings (SSSR count). The first-order valence-electron chi connectivity index (χ1n) is 5.57. The van der Waals surface area contributed by atoms with E-state index in [-0.39, 0.29) is 6.04 Å². The van der Waals surface area contributed by atoms with Crippen LogP contribution in [-0.4, -0.2) is 42.3 Å². The molecule has 5 nitrogen and oxygen atoms in total. The van der Waals surface area contributed by atoms with Crippen LogP contribution in [0.1, 0.15) is 11.4 Å². The summed E-state index contributed by atoms with van der Waals surface area (Å²) in [6.45, 7) is 6.74. The maximum absolute atomic E-state index is 5.75. The summed E-state index contributed by atoms with van der Waals surface area (Å²) in [7, 11) is 0. The third kappa shape index (κ3) is 2.15. The minimum Gasteiger partial charge on any atom is -0.377 e. The molecule has 88 valence electrons. The van der Waals surface area contributed by atoms with Crippen molar-refractivity contribution in [3.05, 3.63) is 17.6 Å². The summed E-state index contributed by atoms with van der Waals surface area (Å²) < 4.78 is 5.42. The van der Waals surface area contributed by atoms with Crippen molar-refractivity contribution >= 4 is 5.82 Å². The van der Waals surface area contributed by atoms with Gasteiger partial charge in [0, 0.05) is 19.3 Å². The van der Waals surface area contributed by atoms with Gasteiger partial charge < -0.3 is 15.4 Å². The normalized spacial score (nSPS) is 21.2. The number of aryl methyl sites for hydroxylation is 2. The first-order valence-corrected chi connectivity index (χ1v) is 5.57. The summed E-state index contributed by atoms with van der Waals surface area (Å²) >= 11 is 0. The number of hydrogen-bond acceptors (Lipinski definition) is 5. The maximum atomic E-state index is 5.75. The molecule has 0 bridgehead atoms. The van der Waals surface area contributed by atoms with Gasteiger partial charge in [0.15, 0.2) is 5.82 Å². The third-order valence-electron chi connectivity index (χ3n) is 2.82. The summed E-state index contributed by atoms with van der Waals surface area (Å²) in [5.41, 5.74) is 7.63. The van der Waals surface area contributed by atoms with E-state index in [1.807, 2.05) is 13.8 Å². The number of hydrogen-bond donors (Lipinski definition) is 1. The molecule has 5 heteroatoms. The Kier molecular flexibility index (Phi) is 3.36. The zero-order valence-electron chi connectivity index (χ0n) is 9.81. The summed E-state index contributed by atoms with van der Waals surface area (Å²) in [5.74, 6) is 0.943. The van der Waals surface area contributed by atoms with Crippen LogP contribution in [0.15, 0.2) is 6.20 Å². The van der Waals surface area contributed by atoms with E-state index in [0.717, 1.165) is 30.4 Å². The number of nitrogens with zero attached hydrogens (tertiary/aromatic N) is 3. The van der Waals surface area contributed by atoms with Crippen LogP contribution in [0.5, 0.6) is 0 Å². The monoisotopic (exact) mass is 222 g/mol. The molecule has 1 aromatic rings. The molecule has 0 radical (unpaired) electrons. The lowest BCUT2D eigenvalue weighted by atomic mass is 10.2. The van der Waals surface area contributed by atoms with E-state index in [0.29, 0.717) is 13.2 Å². The topological polar surface area (TPSA) is 64.3 Å². The molecule has 1 aliphatic heterocycles. The van der Waals surface area contributed by atoms with Crippen molar-refractivity contribution in [2.75, 3.05) is 31.2 Å². The van der Waals surface area contributed by atoms with E-state index in [1.54, 1.807) is 6.20 Å². The molecule has 0 aliphatic carbocycles. The molecule has 1 aliphatic rings. The number of aromatic nitrogens is 2. The van der Waals surface area contributed by atoms with Crippen molar-refractivity contribution in [1.82, 2.24) is 9.97 Å². The van der Waals surface area contributed by atoms with Gasteiger partial charge in [0.25, 0.3) is 0 Å². The molecule has 0 amide bonds. The standard InChI is InChI=1S/C11H18N4O/c1-8-6-13-9(2)11(14-8)15-3-4-16-7-10(15)5-12/h6,10H,3-5,7,12H2,1-2H3. The van der Waals surface area contributed by atoms with Crippen LogP contribution in [0.4, 0.5) is 5.82 Å². The second-order valence-corrected chi connectivity index (χ2v) is 4.08. The molecule has 1 aromatic heterocycles. The zero-order valence-corrected chi connectivity index (χ0v) is 9.81. The van der Waals surface area contributed by atoms with Crippen LogP contribution in [0.2, 0.25) is 0 Å². The average Bonchev–Trinajstić information content (AvgIpc) is 2.32. The van der Waals surface area contributed by atoms with Gasteiger partial charge in [-0.3, -0.25) is 4.98 Å². The quantitative estimate of drug-likeness (QED) is 0.777. The van der Waals surface area contributed by atoms with E-state index >= 15 is 0 Å². The fraction of sp³-hybridized carbons (Fsp3) is 0.636. The number of rotatable bonds is 2. The van der Waals surface area contributed by atoms with Crippen molar-refractivity contribution in [3.63, 3.8) is 0 Å². The molecule has 1 saturated heterocycles. The van der Waals surface area contributed by atoms with E-state index in [1.165, 1.54) is 0 Å². The Hall–Kier alpha value is -1.20. The van der Waals surface area contributed by atoms with Crippen LogP contribution in [0, 0.1) is 13.8 Å². The Labute approximate surface area is 95.6 Å². The van der Waals surface area contributed by atoms with Gasteiger partial charge in [0.2, 0.25) is 0 Å². The van der Waals surface area contributed by atoms with Crippen molar-refractivity contribution in [1.29, 1.82) is 0 Å². The average molecular weight is 222 g/mol. The Balaban J connectivity index is 2.30. The second kappa shape index (κ2) is 4.76. The maximum Gasteiger partial charge on any atom is 0.150 e. The lowest BCUT2D eigenvalue weighted by Crippen LogP contribution is -2.50. The van der Waals surface area contributed by atoms with Gasteiger partial charge in [-0.15, -0.1) is 0 Å². The molecule has 1 fully saturated rings. The summed E-state index contributed by atoms with van der Waals surface area (Å²) in [6.07, 6.45) is 1.79. The first-order chi connectivity index (χ1) is 7.72. The van der Waals surface area contributed by atoms with Gasteiger partial charge in [-0.2, -0.15) is 0 Å². The first kappa shape index (κ1) is 11.3. The molecule has 1 atom stereocenters. The molecular weight excluding hydrogens is 204 g/mol. The highest BCUT2D eigenvalue weighted by atomic mass is 16.5. The van der Waals surface area contributed by atoms with Gasteiger partial charge in [-0.25, -0.2) is 4.98 Å².